The Balaban J connectivity index is 0.00000242. The number of hydrogen-bond donors (Lipinski definition) is 2. The number of amides is 1. The van der Waals surface area contributed by atoms with Crippen molar-refractivity contribution in [2.24, 2.45) is 0 Å². The zero-order valence-corrected chi connectivity index (χ0v) is 15.3. The lowest BCUT2D eigenvalue weighted by atomic mass is 10.2. The summed E-state index contributed by atoms with van der Waals surface area (Å²) in [5, 5.41) is 6.21. The Morgan fingerprint density at radius 3 is 2.43 bits per heavy atom. The lowest BCUT2D eigenvalue weighted by Gasteiger charge is -2.31. The second-order valence-corrected chi connectivity index (χ2v) is 5.02. The lowest BCUT2D eigenvalue weighted by molar-refractivity contribution is -0.121. The van der Waals surface area contributed by atoms with E-state index in [0.29, 0.717) is 17.2 Å². The average Bonchev–Trinajstić information content (AvgIpc) is 2.55. The van der Waals surface area contributed by atoms with Gasteiger partial charge in [0, 0.05) is 32.2 Å². The van der Waals surface area contributed by atoms with Gasteiger partial charge in [0.2, 0.25) is 5.91 Å². The number of methoxy groups -OCH3 is 2. The fourth-order valence-corrected chi connectivity index (χ4v) is 2.37. The average molecular weight is 366 g/mol. The van der Waals surface area contributed by atoms with E-state index in [0.717, 1.165) is 26.2 Å². The second-order valence-electron chi connectivity index (χ2n) is 5.02. The second kappa shape index (κ2) is 10.5. The minimum absolute atomic E-state index is 0. The third kappa shape index (κ3) is 5.73. The molecule has 23 heavy (non-hydrogen) atoms. The zero-order valence-electron chi connectivity index (χ0n) is 13.6. The van der Waals surface area contributed by atoms with Crippen molar-refractivity contribution in [2.75, 3.05) is 45.7 Å². The van der Waals surface area contributed by atoms with E-state index in [2.05, 4.69) is 15.5 Å². The van der Waals surface area contributed by atoms with Crippen molar-refractivity contribution in [1.82, 2.24) is 10.2 Å². The summed E-state index contributed by atoms with van der Waals surface area (Å²) in [6.45, 7) is 5.53. The Morgan fingerprint density at radius 1 is 1.22 bits per heavy atom. The van der Waals surface area contributed by atoms with E-state index in [1.807, 2.05) is 6.92 Å². The highest BCUT2D eigenvalue weighted by Crippen LogP contribution is 2.29. The van der Waals surface area contributed by atoms with Crippen molar-refractivity contribution >= 4 is 36.4 Å². The molecule has 0 aliphatic carbocycles. The Bertz CT molecular complexity index is 497. The molecule has 1 amide bonds. The van der Waals surface area contributed by atoms with Gasteiger partial charge in [-0.3, -0.25) is 9.69 Å². The normalized spacial score (nSPS) is 15.6. The summed E-state index contributed by atoms with van der Waals surface area (Å²) in [6.07, 6.45) is 0. The van der Waals surface area contributed by atoms with Crippen LogP contribution in [0, 0.1) is 0 Å². The third-order valence-electron chi connectivity index (χ3n) is 3.75. The zero-order chi connectivity index (χ0) is 15.2. The molecule has 1 heterocycles. The fourth-order valence-electron chi connectivity index (χ4n) is 2.37. The third-order valence-corrected chi connectivity index (χ3v) is 3.75. The van der Waals surface area contributed by atoms with E-state index in [-0.39, 0.29) is 36.8 Å². The van der Waals surface area contributed by atoms with Crippen LogP contribution in [0.15, 0.2) is 18.2 Å². The van der Waals surface area contributed by atoms with Crippen molar-refractivity contribution < 1.29 is 14.3 Å². The summed E-state index contributed by atoms with van der Waals surface area (Å²) in [7, 11) is 3.17. The molecule has 1 aromatic carbocycles. The molecule has 1 aliphatic heterocycles. The molecule has 1 aliphatic rings. The van der Waals surface area contributed by atoms with Crippen LogP contribution in [0.25, 0.3) is 0 Å². The first-order chi connectivity index (χ1) is 10.2. The lowest BCUT2D eigenvalue weighted by Crippen LogP contribution is -2.51. The van der Waals surface area contributed by atoms with E-state index in [9.17, 15) is 4.79 Å². The maximum absolute atomic E-state index is 12.4. The Labute approximate surface area is 149 Å². The molecule has 0 spiro atoms. The van der Waals surface area contributed by atoms with Crippen LogP contribution in [0.2, 0.25) is 0 Å². The Kier molecular flexibility index (Phi) is 9.99. The number of ether oxygens (including phenoxy) is 2. The molecular formula is C15H25Cl2N3O3. The predicted octanol–water partition coefficient (Wildman–Crippen LogP) is 1.78. The van der Waals surface area contributed by atoms with Crippen LogP contribution < -0.4 is 20.1 Å². The maximum atomic E-state index is 12.4. The van der Waals surface area contributed by atoms with Gasteiger partial charge in [0.05, 0.1) is 25.9 Å². The van der Waals surface area contributed by atoms with Crippen molar-refractivity contribution in [2.45, 2.75) is 13.0 Å². The van der Waals surface area contributed by atoms with Crippen LogP contribution in [-0.2, 0) is 4.79 Å². The molecular weight excluding hydrogens is 341 g/mol. The summed E-state index contributed by atoms with van der Waals surface area (Å²) < 4.78 is 10.4. The monoisotopic (exact) mass is 365 g/mol. The van der Waals surface area contributed by atoms with E-state index in [1.165, 1.54) is 0 Å². The molecule has 1 unspecified atom stereocenters. The Morgan fingerprint density at radius 2 is 1.87 bits per heavy atom. The molecule has 2 rings (SSSR count). The summed E-state index contributed by atoms with van der Waals surface area (Å²) in [4.78, 5) is 14.5. The van der Waals surface area contributed by atoms with Gasteiger partial charge in [-0.05, 0) is 19.1 Å². The number of nitrogens with one attached hydrogen (secondary N) is 2. The van der Waals surface area contributed by atoms with Gasteiger partial charge in [-0.1, -0.05) is 0 Å². The first-order valence-corrected chi connectivity index (χ1v) is 7.13. The molecule has 8 heteroatoms. The molecule has 0 radical (unpaired) electrons. The molecule has 0 saturated carbocycles. The number of piperazine rings is 1. The highest BCUT2D eigenvalue weighted by molar-refractivity contribution is 5.96. The van der Waals surface area contributed by atoms with Gasteiger partial charge in [0.25, 0.3) is 0 Å². The summed E-state index contributed by atoms with van der Waals surface area (Å²) in [5.74, 6) is 1.26. The van der Waals surface area contributed by atoms with E-state index in [4.69, 9.17) is 9.47 Å². The number of hydrogen-bond acceptors (Lipinski definition) is 5. The van der Waals surface area contributed by atoms with Crippen LogP contribution in [0.5, 0.6) is 11.5 Å². The van der Waals surface area contributed by atoms with Crippen molar-refractivity contribution in [3.05, 3.63) is 18.2 Å². The minimum Gasteiger partial charge on any atom is -0.497 e. The molecule has 1 atom stereocenters. The van der Waals surface area contributed by atoms with Crippen LogP contribution >= 0.6 is 24.8 Å². The number of carbonyl (C=O) groups excluding carboxylic acids is 1. The van der Waals surface area contributed by atoms with Crippen molar-refractivity contribution in [1.29, 1.82) is 0 Å². The number of rotatable bonds is 5. The van der Waals surface area contributed by atoms with Gasteiger partial charge in [-0.25, -0.2) is 0 Å². The molecule has 132 valence electrons. The molecule has 1 fully saturated rings. The van der Waals surface area contributed by atoms with Crippen LogP contribution in [-0.4, -0.2) is 57.2 Å². The topological polar surface area (TPSA) is 62.8 Å². The van der Waals surface area contributed by atoms with Crippen LogP contribution in [0.3, 0.4) is 0 Å². The quantitative estimate of drug-likeness (QED) is 0.832. The highest BCUT2D eigenvalue weighted by atomic mass is 35.5. The van der Waals surface area contributed by atoms with Gasteiger partial charge in [0.15, 0.2) is 0 Å². The van der Waals surface area contributed by atoms with Gasteiger partial charge < -0.3 is 20.1 Å². The SMILES string of the molecule is COc1ccc(NC(=O)C(C)N2CCNCC2)c(OC)c1.Cl.Cl. The number of halogens is 2. The van der Waals surface area contributed by atoms with Crippen molar-refractivity contribution in [3.8, 4) is 11.5 Å². The van der Waals surface area contributed by atoms with E-state index >= 15 is 0 Å². The van der Waals surface area contributed by atoms with E-state index < -0.39 is 0 Å². The van der Waals surface area contributed by atoms with Gasteiger partial charge in [-0.2, -0.15) is 0 Å². The molecule has 1 saturated heterocycles. The van der Waals surface area contributed by atoms with Gasteiger partial charge in [0.1, 0.15) is 11.5 Å². The number of anilines is 1. The molecule has 0 bridgehead atoms. The fraction of sp³-hybridized carbons (Fsp3) is 0.533. The molecule has 6 nitrogen and oxygen atoms in total. The van der Waals surface area contributed by atoms with Gasteiger partial charge in [-0.15, -0.1) is 24.8 Å². The van der Waals surface area contributed by atoms with Crippen molar-refractivity contribution in [3.63, 3.8) is 0 Å². The smallest absolute Gasteiger partial charge is 0.241 e. The first-order valence-electron chi connectivity index (χ1n) is 7.13. The molecule has 1 aromatic rings. The van der Waals surface area contributed by atoms with Crippen LogP contribution in [0.4, 0.5) is 5.69 Å². The number of benzene rings is 1. The maximum Gasteiger partial charge on any atom is 0.241 e. The number of carbonyl (C=O) groups is 1. The largest absolute Gasteiger partial charge is 0.497 e. The van der Waals surface area contributed by atoms with Gasteiger partial charge >= 0.3 is 0 Å². The first kappa shape index (κ1) is 21.8. The van der Waals surface area contributed by atoms with Crippen LogP contribution in [0.1, 0.15) is 6.92 Å². The van der Waals surface area contributed by atoms with E-state index in [1.54, 1.807) is 32.4 Å². The summed E-state index contributed by atoms with van der Waals surface area (Å²) >= 11 is 0. The summed E-state index contributed by atoms with van der Waals surface area (Å²) in [5.41, 5.74) is 0.658. The highest BCUT2D eigenvalue weighted by Gasteiger charge is 2.23. The summed E-state index contributed by atoms with van der Waals surface area (Å²) in [6, 6.07) is 5.18. The minimum atomic E-state index is -0.168. The standard InChI is InChI=1S/C15H23N3O3.2ClH/c1-11(18-8-6-16-7-9-18)15(19)17-13-5-4-12(20-2)10-14(13)21-3;;/h4-5,10-11,16H,6-9H2,1-3H3,(H,17,19);2*1H. The predicted molar refractivity (Wildman–Crippen MR) is 96.6 cm³/mol. The molecule has 0 aromatic heterocycles. The number of nitrogens with zero attached hydrogens (tertiary/aromatic N) is 1. The molecule has 2 N–H and O–H groups in total. The Hall–Kier alpha value is -1.21.